The maximum absolute atomic E-state index is 15.4. The molecule has 3 aliphatic rings. The summed E-state index contributed by atoms with van der Waals surface area (Å²) in [7, 11) is 6.10. The van der Waals surface area contributed by atoms with Gasteiger partial charge in [-0.3, -0.25) is 19.8 Å². The summed E-state index contributed by atoms with van der Waals surface area (Å²) in [4.78, 5) is 77.4. The van der Waals surface area contributed by atoms with Gasteiger partial charge in [0.2, 0.25) is 0 Å². The highest BCUT2D eigenvalue weighted by atomic mass is 35.5. The number of halogens is 2. The van der Waals surface area contributed by atoms with Crippen molar-refractivity contribution in [2.45, 2.75) is 43.3 Å². The van der Waals surface area contributed by atoms with Crippen molar-refractivity contribution in [1.82, 2.24) is 28.5 Å². The van der Waals surface area contributed by atoms with Crippen molar-refractivity contribution < 1.29 is 28.9 Å². The average molecular weight is 881 g/mol. The maximum atomic E-state index is 15.4. The molecule has 318 valence electrons. The van der Waals surface area contributed by atoms with Crippen molar-refractivity contribution in [3.05, 3.63) is 149 Å². The summed E-state index contributed by atoms with van der Waals surface area (Å²) in [5.74, 6) is -1.96. The smallest absolute Gasteiger partial charge is 0.347 e. The minimum atomic E-state index is -1.63. The number of aromatic hydroxyl groups is 1. The number of nitrogens with one attached hydrogen (secondary N) is 1. The highest BCUT2D eigenvalue weighted by Crippen LogP contribution is 2.62. The number of amides is 2. The number of hydrogen-bond acceptors (Lipinski definition) is 11. The van der Waals surface area contributed by atoms with Crippen LogP contribution in [0.4, 0.5) is 5.69 Å². The number of allylic oxidation sites excluding steroid dienone is 2. The van der Waals surface area contributed by atoms with Gasteiger partial charge in [-0.15, -0.1) is 0 Å². The van der Waals surface area contributed by atoms with Crippen molar-refractivity contribution in [3.63, 3.8) is 0 Å². The molecule has 2 N–H and O–H groups in total. The molecule has 6 aromatic rings. The van der Waals surface area contributed by atoms with E-state index in [1.807, 2.05) is 6.08 Å². The Bertz CT molecular complexity index is 3060. The number of fused-ring (bicyclic) bond motifs is 5. The number of phenolic OH excluding ortho intramolecular Hbond substituents is 1. The lowest BCUT2D eigenvalue weighted by Crippen LogP contribution is -2.53. The van der Waals surface area contributed by atoms with Crippen LogP contribution in [0.5, 0.6) is 23.0 Å². The summed E-state index contributed by atoms with van der Waals surface area (Å²) in [6, 6.07) is 20.4. The fourth-order valence-electron chi connectivity index (χ4n) is 9.51. The van der Waals surface area contributed by atoms with Gasteiger partial charge in [-0.1, -0.05) is 53.5 Å². The molecule has 0 radical (unpaired) electrons. The van der Waals surface area contributed by atoms with E-state index in [4.69, 9.17) is 37.4 Å². The van der Waals surface area contributed by atoms with Gasteiger partial charge in [0.1, 0.15) is 17.2 Å². The molecule has 9 rings (SSSR count). The molecule has 2 aliphatic heterocycles. The predicted octanol–water partition coefficient (Wildman–Crippen LogP) is 4.96. The summed E-state index contributed by atoms with van der Waals surface area (Å²) in [6.45, 7) is -0.229. The monoisotopic (exact) mass is 879 g/mol. The number of aryl methyl sites for hydroxylation is 2. The van der Waals surface area contributed by atoms with Gasteiger partial charge in [-0.05, 0) is 65.6 Å². The Hall–Kier alpha value is -6.78. The fraction of sp³-hybridized carbons (Fsp3) is 0.273. The second-order valence-corrected chi connectivity index (χ2v) is 16.2. The number of carbonyl (C=O) groups is 2. The van der Waals surface area contributed by atoms with Gasteiger partial charge >= 0.3 is 11.4 Å². The van der Waals surface area contributed by atoms with Crippen LogP contribution in [0.25, 0.3) is 11.0 Å². The Labute approximate surface area is 362 Å². The number of ether oxygens (including phenoxy) is 3. The minimum absolute atomic E-state index is 0.0479. The van der Waals surface area contributed by atoms with Gasteiger partial charge < -0.3 is 23.9 Å². The molecule has 62 heavy (non-hydrogen) atoms. The molecule has 0 bridgehead atoms. The summed E-state index contributed by atoms with van der Waals surface area (Å²) < 4.78 is 21.5. The van der Waals surface area contributed by atoms with Crippen LogP contribution in [0.15, 0.2) is 105 Å². The number of phenols is 1. The van der Waals surface area contributed by atoms with Crippen molar-refractivity contribution >= 4 is 51.7 Å². The third-order valence-corrected chi connectivity index (χ3v) is 12.9. The molecule has 4 heterocycles. The number of aromatic nitrogens is 5. The lowest BCUT2D eigenvalue weighted by atomic mass is 9.53. The van der Waals surface area contributed by atoms with Crippen LogP contribution < -0.4 is 36.6 Å². The predicted molar refractivity (Wildman–Crippen MR) is 229 cm³/mol. The highest BCUT2D eigenvalue weighted by molar-refractivity contribution is 6.36. The average Bonchev–Trinajstić information content (AvgIpc) is 3.64. The Balaban J connectivity index is 1.17. The first-order valence-corrected chi connectivity index (χ1v) is 20.3. The molecule has 4 atom stereocenters. The summed E-state index contributed by atoms with van der Waals surface area (Å²) in [6.07, 6.45) is 1.70. The Kier molecular flexibility index (Phi) is 10.0. The number of hydrogen-bond donors (Lipinski definition) is 2. The zero-order valence-corrected chi connectivity index (χ0v) is 35.3. The quantitative estimate of drug-likeness (QED) is 0.140. The second kappa shape index (κ2) is 15.3. The third-order valence-electron chi connectivity index (χ3n) is 12.3. The van der Waals surface area contributed by atoms with Crippen LogP contribution in [0.3, 0.4) is 0 Å². The van der Waals surface area contributed by atoms with Crippen molar-refractivity contribution in [2.75, 3.05) is 26.8 Å². The Morgan fingerprint density at radius 3 is 2.32 bits per heavy atom. The van der Waals surface area contributed by atoms with Gasteiger partial charge in [-0.25, -0.2) is 28.5 Å². The van der Waals surface area contributed by atoms with Gasteiger partial charge in [0, 0.05) is 43.1 Å². The first-order chi connectivity index (χ1) is 29.8. The molecule has 1 aliphatic carbocycles. The SMILES string of the molecule is COc1ccc(C23C(=O)N(Nc4ccc(Cl)cc4Cl)C(=O)C2CC2C(=CCn4c(=O)n(CCc5nc6cc(OC)c(OC)cc6n(C)c5=O)c(=O)n42)C3c2cccc(O)c2)cc1. The molecule has 2 aromatic heterocycles. The number of benzene rings is 4. The zero-order chi connectivity index (χ0) is 43.8. The largest absolute Gasteiger partial charge is 0.508 e. The van der Waals surface area contributed by atoms with E-state index in [1.165, 1.54) is 47.4 Å². The van der Waals surface area contributed by atoms with Gasteiger partial charge in [0.05, 0.1) is 67.0 Å². The van der Waals surface area contributed by atoms with E-state index in [0.29, 0.717) is 50.0 Å². The second-order valence-electron chi connectivity index (χ2n) is 15.4. The molecule has 1 saturated carbocycles. The number of hydrazine groups is 1. The third kappa shape index (κ3) is 6.10. The van der Waals surface area contributed by atoms with E-state index in [1.54, 1.807) is 73.8 Å². The van der Waals surface area contributed by atoms with Crippen LogP contribution in [0, 0.1) is 5.92 Å². The highest BCUT2D eigenvalue weighted by Gasteiger charge is 2.69. The van der Waals surface area contributed by atoms with E-state index in [2.05, 4.69) is 10.4 Å². The molecule has 0 spiro atoms. The molecule has 18 heteroatoms. The van der Waals surface area contributed by atoms with E-state index < -0.39 is 52.0 Å². The van der Waals surface area contributed by atoms with E-state index >= 15 is 4.79 Å². The van der Waals surface area contributed by atoms with Crippen LogP contribution in [0.1, 0.15) is 35.2 Å². The van der Waals surface area contributed by atoms with Crippen LogP contribution in [-0.4, -0.2) is 66.7 Å². The zero-order valence-electron chi connectivity index (χ0n) is 33.8. The van der Waals surface area contributed by atoms with Crippen molar-refractivity contribution in [1.29, 1.82) is 0 Å². The number of anilines is 1. The lowest BCUT2D eigenvalue weighted by molar-refractivity contribution is -0.138. The van der Waals surface area contributed by atoms with Gasteiger partial charge in [-0.2, -0.15) is 5.01 Å². The van der Waals surface area contributed by atoms with E-state index in [9.17, 15) is 24.3 Å². The topological polar surface area (TPSA) is 181 Å². The summed E-state index contributed by atoms with van der Waals surface area (Å²) in [5.41, 5.74) is 2.56. The molecule has 16 nitrogen and oxygen atoms in total. The van der Waals surface area contributed by atoms with Gasteiger partial charge in [0.15, 0.2) is 11.5 Å². The minimum Gasteiger partial charge on any atom is -0.508 e. The molecular formula is C44H39Cl2N7O9. The van der Waals surface area contributed by atoms with Crippen LogP contribution in [-0.2, 0) is 41.6 Å². The number of nitrogens with zero attached hydrogens (tertiary/aromatic N) is 6. The molecule has 4 aromatic carbocycles. The van der Waals surface area contributed by atoms with Crippen LogP contribution >= 0.6 is 23.2 Å². The van der Waals surface area contributed by atoms with Crippen LogP contribution in [0.2, 0.25) is 10.0 Å². The van der Waals surface area contributed by atoms with Crippen molar-refractivity contribution in [3.8, 4) is 23.0 Å². The standard InChI is InChI=1S/C44H39Cl2N7O9/c1-49-35-22-37(62-4)36(61-3)21-33(35)47-32(40(49)56)15-16-50-42(58)51-17-14-28-34(53(51)43(50)59)20-29-39(55)52(48-31-13-10-25(45)19-30(31)46)41(57)44(29,24-8-11-27(60-2)12-9-24)38(28)23-6-5-7-26(54)18-23/h5-14,18-19,21-22,29,34,38,48,54H,15-17,20H2,1-4H3. The summed E-state index contributed by atoms with van der Waals surface area (Å²) in [5, 5.41) is 12.4. The Morgan fingerprint density at radius 1 is 0.887 bits per heavy atom. The maximum Gasteiger partial charge on any atom is 0.347 e. The summed E-state index contributed by atoms with van der Waals surface area (Å²) >= 11 is 12.7. The van der Waals surface area contributed by atoms with E-state index in [0.717, 1.165) is 9.58 Å². The number of imide groups is 1. The molecule has 2 fully saturated rings. The number of methoxy groups -OCH3 is 3. The first kappa shape index (κ1) is 40.6. The molecular weight excluding hydrogens is 841 g/mol. The molecule has 1 saturated heterocycles. The van der Waals surface area contributed by atoms with E-state index in [-0.39, 0.29) is 48.1 Å². The Morgan fingerprint density at radius 2 is 1.63 bits per heavy atom. The first-order valence-electron chi connectivity index (χ1n) is 19.6. The fourth-order valence-corrected chi connectivity index (χ4v) is 9.96. The number of carbonyl (C=O) groups excluding carboxylic acids is 2. The molecule has 2 amide bonds. The number of rotatable bonds is 10. The lowest BCUT2D eigenvalue weighted by Gasteiger charge is -2.49. The van der Waals surface area contributed by atoms with Gasteiger partial charge in [0.25, 0.3) is 17.4 Å². The molecule has 4 unspecified atom stereocenters. The normalized spacial score (nSPS) is 20.4. The van der Waals surface area contributed by atoms with Crippen molar-refractivity contribution in [2.24, 2.45) is 13.0 Å².